The van der Waals surface area contributed by atoms with Gasteiger partial charge in [0.15, 0.2) is 0 Å². The Hall–Kier alpha value is -2.24. The van der Waals surface area contributed by atoms with Crippen LogP contribution in [0.15, 0.2) is 24.3 Å². The average Bonchev–Trinajstić information content (AvgIpc) is 2.66. The van der Waals surface area contributed by atoms with Crippen LogP contribution in [-0.2, 0) is 11.3 Å². The fourth-order valence-corrected chi connectivity index (χ4v) is 1.24. The number of tetrazole rings is 1. The highest BCUT2D eigenvalue weighted by Gasteiger charge is 2.05. The zero-order valence-electron chi connectivity index (χ0n) is 8.62. The van der Waals surface area contributed by atoms with E-state index in [2.05, 4.69) is 15.4 Å². The van der Waals surface area contributed by atoms with Gasteiger partial charge in [0.05, 0.1) is 5.97 Å². The number of carboxylic acid groups (broad SMARTS) is 1. The maximum absolute atomic E-state index is 10.3. The third kappa shape index (κ3) is 2.22. The fraction of sp³-hybridized carbons (Fsp3) is 0.200. The van der Waals surface area contributed by atoms with Crippen molar-refractivity contribution in [2.75, 3.05) is 0 Å². The van der Waals surface area contributed by atoms with Gasteiger partial charge < -0.3 is 9.90 Å². The van der Waals surface area contributed by atoms with Crippen LogP contribution in [0.5, 0.6) is 0 Å². The quantitative estimate of drug-likeness (QED) is 0.685. The molecule has 0 saturated carbocycles. The molecule has 6 heteroatoms. The highest BCUT2D eigenvalue weighted by molar-refractivity contribution is 5.63. The molecule has 0 aliphatic heterocycles. The van der Waals surface area contributed by atoms with Crippen LogP contribution in [0, 0.1) is 6.92 Å². The molecular formula is C10H9N4O2-. The third-order valence-electron chi connectivity index (χ3n) is 2.03. The van der Waals surface area contributed by atoms with E-state index in [0.29, 0.717) is 5.82 Å². The molecule has 16 heavy (non-hydrogen) atoms. The van der Waals surface area contributed by atoms with Gasteiger partial charge in [0, 0.05) is 5.56 Å². The molecule has 0 N–H and O–H groups in total. The molecule has 0 radical (unpaired) electrons. The topological polar surface area (TPSA) is 83.7 Å². The summed E-state index contributed by atoms with van der Waals surface area (Å²) >= 11 is 0. The smallest absolute Gasteiger partial charge is 0.204 e. The maximum Gasteiger partial charge on any atom is 0.204 e. The van der Waals surface area contributed by atoms with Gasteiger partial charge in [0.2, 0.25) is 5.82 Å². The Labute approximate surface area is 91.5 Å². The average molecular weight is 217 g/mol. The Morgan fingerprint density at radius 2 is 2.06 bits per heavy atom. The van der Waals surface area contributed by atoms with E-state index in [1.54, 1.807) is 0 Å². The van der Waals surface area contributed by atoms with E-state index < -0.39 is 12.5 Å². The van der Waals surface area contributed by atoms with E-state index >= 15 is 0 Å². The number of aromatic nitrogens is 4. The van der Waals surface area contributed by atoms with Crippen LogP contribution in [0.3, 0.4) is 0 Å². The Balaban J connectivity index is 2.24. The largest absolute Gasteiger partial charge is 0.548 e. The van der Waals surface area contributed by atoms with Crippen molar-refractivity contribution < 1.29 is 9.90 Å². The van der Waals surface area contributed by atoms with Gasteiger partial charge >= 0.3 is 0 Å². The molecule has 1 aromatic carbocycles. The number of carboxylic acids is 1. The Kier molecular flexibility index (Phi) is 2.63. The van der Waals surface area contributed by atoms with Gasteiger partial charge in [0.25, 0.3) is 0 Å². The van der Waals surface area contributed by atoms with Gasteiger partial charge in [-0.3, -0.25) is 0 Å². The molecule has 0 aliphatic rings. The molecular weight excluding hydrogens is 208 g/mol. The predicted molar refractivity (Wildman–Crippen MR) is 53.0 cm³/mol. The fourth-order valence-electron chi connectivity index (χ4n) is 1.24. The first-order chi connectivity index (χ1) is 7.65. The lowest BCUT2D eigenvalue weighted by Gasteiger charge is -1.98. The molecule has 0 fully saturated rings. The summed E-state index contributed by atoms with van der Waals surface area (Å²) in [6.45, 7) is 1.59. The second kappa shape index (κ2) is 4.09. The number of hydrogen-bond acceptors (Lipinski definition) is 5. The van der Waals surface area contributed by atoms with Crippen molar-refractivity contribution >= 4 is 5.97 Å². The van der Waals surface area contributed by atoms with Gasteiger partial charge in [-0.15, -0.1) is 10.2 Å². The van der Waals surface area contributed by atoms with Gasteiger partial charge in [-0.1, -0.05) is 29.8 Å². The number of nitrogens with zero attached hydrogens (tertiary/aromatic N) is 4. The predicted octanol–water partition coefficient (Wildman–Crippen LogP) is -0.602. The molecule has 1 aromatic heterocycles. The van der Waals surface area contributed by atoms with Crippen LogP contribution in [0.4, 0.5) is 0 Å². The number of aliphatic carboxylic acids is 1. The summed E-state index contributed by atoms with van der Waals surface area (Å²) in [6, 6.07) is 7.56. The number of carbonyl (C=O) groups excluding carboxylic acids is 1. The lowest BCUT2D eigenvalue weighted by Crippen LogP contribution is -2.28. The molecule has 2 aromatic rings. The van der Waals surface area contributed by atoms with Gasteiger partial charge in [-0.25, -0.2) is 0 Å². The molecule has 0 amide bonds. The van der Waals surface area contributed by atoms with Crippen molar-refractivity contribution in [3.8, 4) is 11.4 Å². The zero-order valence-corrected chi connectivity index (χ0v) is 8.62. The molecule has 0 spiro atoms. The van der Waals surface area contributed by atoms with Crippen molar-refractivity contribution in [3.05, 3.63) is 29.8 Å². The van der Waals surface area contributed by atoms with E-state index in [1.807, 2.05) is 31.2 Å². The molecule has 82 valence electrons. The molecule has 2 rings (SSSR count). The third-order valence-corrected chi connectivity index (χ3v) is 2.03. The first kappa shape index (κ1) is 10.3. The lowest BCUT2D eigenvalue weighted by atomic mass is 10.1. The molecule has 0 unspecified atom stereocenters. The first-order valence-electron chi connectivity index (χ1n) is 4.70. The van der Waals surface area contributed by atoms with Crippen LogP contribution in [0.1, 0.15) is 5.56 Å². The Morgan fingerprint density at radius 1 is 1.38 bits per heavy atom. The van der Waals surface area contributed by atoms with Gasteiger partial charge in [-0.2, -0.15) is 4.80 Å². The number of rotatable bonds is 3. The van der Waals surface area contributed by atoms with E-state index in [4.69, 9.17) is 0 Å². The minimum atomic E-state index is -1.24. The van der Waals surface area contributed by atoms with E-state index in [-0.39, 0.29) is 0 Å². The van der Waals surface area contributed by atoms with Crippen molar-refractivity contribution in [1.82, 2.24) is 20.2 Å². The van der Waals surface area contributed by atoms with Crippen molar-refractivity contribution in [2.45, 2.75) is 13.5 Å². The van der Waals surface area contributed by atoms with Crippen LogP contribution >= 0.6 is 0 Å². The Morgan fingerprint density at radius 3 is 2.69 bits per heavy atom. The molecule has 0 atom stereocenters. The second-order valence-electron chi connectivity index (χ2n) is 3.38. The van der Waals surface area contributed by atoms with E-state index in [9.17, 15) is 9.90 Å². The summed E-state index contributed by atoms with van der Waals surface area (Å²) in [7, 11) is 0. The zero-order chi connectivity index (χ0) is 11.5. The summed E-state index contributed by atoms with van der Waals surface area (Å²) < 4.78 is 0. The molecule has 1 heterocycles. The van der Waals surface area contributed by atoms with Gasteiger partial charge in [0.1, 0.15) is 6.54 Å². The number of aryl methyl sites for hydroxylation is 1. The monoisotopic (exact) mass is 217 g/mol. The summed E-state index contributed by atoms with van der Waals surface area (Å²) in [6.07, 6.45) is 0. The van der Waals surface area contributed by atoms with Crippen molar-refractivity contribution in [1.29, 1.82) is 0 Å². The molecule has 0 saturated heterocycles. The van der Waals surface area contributed by atoms with Crippen LogP contribution in [0.2, 0.25) is 0 Å². The summed E-state index contributed by atoms with van der Waals surface area (Å²) in [5.41, 5.74) is 1.93. The lowest BCUT2D eigenvalue weighted by molar-refractivity contribution is -0.307. The summed E-state index contributed by atoms with van der Waals surface area (Å²) in [4.78, 5) is 11.3. The minimum absolute atomic E-state index is 0.390. The van der Waals surface area contributed by atoms with E-state index in [1.165, 1.54) is 0 Å². The van der Waals surface area contributed by atoms with Crippen LogP contribution in [0.25, 0.3) is 11.4 Å². The molecule has 0 bridgehead atoms. The van der Waals surface area contributed by atoms with E-state index in [0.717, 1.165) is 15.9 Å². The van der Waals surface area contributed by atoms with Crippen LogP contribution in [-0.4, -0.2) is 26.2 Å². The highest BCUT2D eigenvalue weighted by Crippen LogP contribution is 2.13. The SMILES string of the molecule is Cc1ccc(-c2nnn(CC(=O)[O-])n2)cc1. The maximum atomic E-state index is 10.3. The number of hydrogen-bond donors (Lipinski definition) is 0. The first-order valence-corrected chi connectivity index (χ1v) is 4.70. The van der Waals surface area contributed by atoms with Crippen LogP contribution < -0.4 is 5.11 Å². The Bertz CT molecular complexity index is 504. The number of benzene rings is 1. The number of carbonyl (C=O) groups is 1. The highest BCUT2D eigenvalue weighted by atomic mass is 16.4. The van der Waals surface area contributed by atoms with Crippen molar-refractivity contribution in [2.24, 2.45) is 0 Å². The normalized spacial score (nSPS) is 10.3. The van der Waals surface area contributed by atoms with Gasteiger partial charge in [-0.05, 0) is 12.1 Å². The molecule has 6 nitrogen and oxygen atoms in total. The standard InChI is InChI=1S/C10H10N4O2/c1-7-2-4-8(5-3-7)10-11-13-14(12-10)6-9(15)16/h2-5H,6H2,1H3,(H,15,16)/p-1. The minimum Gasteiger partial charge on any atom is -0.548 e. The second-order valence-corrected chi connectivity index (χ2v) is 3.38. The summed E-state index contributed by atoms with van der Waals surface area (Å²) in [5.74, 6) is -0.839. The molecule has 0 aliphatic carbocycles. The van der Waals surface area contributed by atoms with Crippen molar-refractivity contribution in [3.63, 3.8) is 0 Å². The summed E-state index contributed by atoms with van der Waals surface area (Å²) in [5, 5.41) is 21.6.